The predicted octanol–water partition coefficient (Wildman–Crippen LogP) is 2.31. The summed E-state index contributed by atoms with van der Waals surface area (Å²) in [5, 5.41) is 12.5. The molecule has 4 nitrogen and oxygen atoms in total. The Balaban J connectivity index is 1.91. The van der Waals surface area contributed by atoms with Gasteiger partial charge in [0.15, 0.2) is 0 Å². The van der Waals surface area contributed by atoms with Gasteiger partial charge in [-0.3, -0.25) is 4.79 Å². The first-order valence-corrected chi connectivity index (χ1v) is 7.20. The molecular weight excluding hydrogens is 274 g/mol. The van der Waals surface area contributed by atoms with E-state index in [2.05, 4.69) is 5.32 Å². The molecule has 2 rings (SSSR count). The first kappa shape index (κ1) is 14.8. The Kier molecular flexibility index (Phi) is 4.99. The van der Waals surface area contributed by atoms with Crippen LogP contribution in [0.15, 0.2) is 18.2 Å². The molecule has 1 aliphatic rings. The summed E-state index contributed by atoms with van der Waals surface area (Å²) in [5.41, 5.74) is 1.44. The molecule has 106 valence electrons. The molecule has 0 aliphatic carbocycles. The van der Waals surface area contributed by atoms with Crippen molar-refractivity contribution in [3.8, 4) is 6.07 Å². The van der Waals surface area contributed by atoms with E-state index in [1.165, 1.54) is 0 Å². The Hall–Kier alpha value is -1.57. The first-order valence-electron chi connectivity index (χ1n) is 6.82. The minimum absolute atomic E-state index is 0.146. The largest absolute Gasteiger partial charge is 0.341 e. The second kappa shape index (κ2) is 6.74. The number of hydrogen-bond acceptors (Lipinski definition) is 3. The summed E-state index contributed by atoms with van der Waals surface area (Å²) in [5.74, 6) is 0.146. The fourth-order valence-electron chi connectivity index (χ4n) is 2.32. The Morgan fingerprint density at radius 3 is 2.80 bits per heavy atom. The van der Waals surface area contributed by atoms with Gasteiger partial charge in [-0.15, -0.1) is 0 Å². The molecule has 0 aromatic heterocycles. The zero-order valence-electron chi connectivity index (χ0n) is 11.5. The molecule has 1 aliphatic heterocycles. The Morgan fingerprint density at radius 1 is 1.50 bits per heavy atom. The highest BCUT2D eigenvalue weighted by molar-refractivity contribution is 6.31. The summed E-state index contributed by atoms with van der Waals surface area (Å²) < 4.78 is 0. The molecule has 5 heteroatoms. The van der Waals surface area contributed by atoms with E-state index in [1.807, 2.05) is 24.0 Å². The lowest BCUT2D eigenvalue weighted by Crippen LogP contribution is -2.43. The summed E-state index contributed by atoms with van der Waals surface area (Å²) >= 11 is 6.11. The number of hydrogen-bond donors (Lipinski definition) is 1. The van der Waals surface area contributed by atoms with E-state index in [9.17, 15) is 4.79 Å². The van der Waals surface area contributed by atoms with Gasteiger partial charge in [-0.05, 0) is 37.5 Å². The third kappa shape index (κ3) is 3.50. The molecule has 0 radical (unpaired) electrons. The highest BCUT2D eigenvalue weighted by atomic mass is 35.5. The van der Waals surface area contributed by atoms with Crippen molar-refractivity contribution in [3.63, 3.8) is 0 Å². The average Bonchev–Trinajstić information content (AvgIpc) is 2.98. The SMILES string of the molecule is CC(NCc1ccc(C#N)cc1Cl)C(=O)N1CCCC1. The first-order chi connectivity index (χ1) is 9.61. The van der Waals surface area contributed by atoms with Crippen molar-refractivity contribution >= 4 is 17.5 Å². The van der Waals surface area contributed by atoms with Gasteiger partial charge in [0.1, 0.15) is 0 Å². The summed E-state index contributed by atoms with van der Waals surface area (Å²) in [4.78, 5) is 14.0. The van der Waals surface area contributed by atoms with Gasteiger partial charge >= 0.3 is 0 Å². The van der Waals surface area contributed by atoms with Crippen LogP contribution in [0, 0.1) is 11.3 Å². The van der Waals surface area contributed by atoms with Crippen molar-refractivity contribution in [1.29, 1.82) is 5.26 Å². The summed E-state index contributed by atoms with van der Waals surface area (Å²) in [6.07, 6.45) is 2.19. The fraction of sp³-hybridized carbons (Fsp3) is 0.467. The number of nitriles is 1. The van der Waals surface area contributed by atoms with Crippen LogP contribution < -0.4 is 5.32 Å². The number of halogens is 1. The molecule has 0 bridgehead atoms. The maximum absolute atomic E-state index is 12.1. The van der Waals surface area contributed by atoms with E-state index in [-0.39, 0.29) is 11.9 Å². The molecule has 1 aromatic rings. The third-order valence-corrected chi connectivity index (χ3v) is 3.92. The van der Waals surface area contributed by atoms with Crippen LogP contribution in [-0.2, 0) is 11.3 Å². The van der Waals surface area contributed by atoms with E-state index in [0.29, 0.717) is 17.1 Å². The molecule has 20 heavy (non-hydrogen) atoms. The summed E-state index contributed by atoms with van der Waals surface area (Å²) in [6, 6.07) is 7.02. The maximum atomic E-state index is 12.1. The van der Waals surface area contributed by atoms with Crippen LogP contribution in [0.2, 0.25) is 5.02 Å². The maximum Gasteiger partial charge on any atom is 0.239 e. The van der Waals surface area contributed by atoms with Crippen molar-refractivity contribution in [2.75, 3.05) is 13.1 Å². The van der Waals surface area contributed by atoms with Gasteiger partial charge < -0.3 is 10.2 Å². The van der Waals surface area contributed by atoms with E-state index >= 15 is 0 Å². The number of carbonyl (C=O) groups is 1. The standard InChI is InChI=1S/C15H18ClN3O/c1-11(15(20)19-6-2-3-7-19)18-10-13-5-4-12(9-17)8-14(13)16/h4-5,8,11,18H,2-3,6-7,10H2,1H3. The number of nitrogens with one attached hydrogen (secondary N) is 1. The van der Waals surface area contributed by atoms with Crippen molar-refractivity contribution in [3.05, 3.63) is 34.3 Å². The van der Waals surface area contributed by atoms with Crippen LogP contribution in [0.5, 0.6) is 0 Å². The lowest BCUT2D eigenvalue weighted by Gasteiger charge is -2.21. The molecule has 1 atom stereocenters. The van der Waals surface area contributed by atoms with E-state index in [1.54, 1.807) is 12.1 Å². The minimum Gasteiger partial charge on any atom is -0.341 e. The van der Waals surface area contributed by atoms with Gasteiger partial charge in [-0.25, -0.2) is 0 Å². The number of likely N-dealkylation sites (tertiary alicyclic amines) is 1. The summed E-state index contributed by atoms with van der Waals surface area (Å²) in [7, 11) is 0. The summed E-state index contributed by atoms with van der Waals surface area (Å²) in [6.45, 7) is 4.12. The average molecular weight is 292 g/mol. The molecule has 1 saturated heterocycles. The second-order valence-corrected chi connectivity index (χ2v) is 5.46. The van der Waals surface area contributed by atoms with Crippen molar-refractivity contribution in [1.82, 2.24) is 10.2 Å². The van der Waals surface area contributed by atoms with E-state index in [0.717, 1.165) is 31.5 Å². The van der Waals surface area contributed by atoms with Gasteiger partial charge in [0.2, 0.25) is 5.91 Å². The monoisotopic (exact) mass is 291 g/mol. The molecule has 1 fully saturated rings. The highest BCUT2D eigenvalue weighted by Gasteiger charge is 2.22. The molecule has 1 aromatic carbocycles. The van der Waals surface area contributed by atoms with Crippen LogP contribution in [0.4, 0.5) is 0 Å². The highest BCUT2D eigenvalue weighted by Crippen LogP contribution is 2.17. The topological polar surface area (TPSA) is 56.1 Å². The normalized spacial score (nSPS) is 15.9. The Morgan fingerprint density at radius 2 is 2.20 bits per heavy atom. The van der Waals surface area contributed by atoms with E-state index in [4.69, 9.17) is 16.9 Å². The number of benzene rings is 1. The smallest absolute Gasteiger partial charge is 0.239 e. The molecule has 1 amide bonds. The van der Waals surface area contributed by atoms with Gasteiger partial charge in [0, 0.05) is 24.7 Å². The third-order valence-electron chi connectivity index (χ3n) is 3.57. The van der Waals surface area contributed by atoms with Crippen molar-refractivity contribution < 1.29 is 4.79 Å². The molecule has 0 saturated carbocycles. The van der Waals surface area contributed by atoms with Crippen LogP contribution in [0.25, 0.3) is 0 Å². The lowest BCUT2D eigenvalue weighted by molar-refractivity contribution is -0.131. The molecule has 0 spiro atoms. The van der Waals surface area contributed by atoms with Crippen molar-refractivity contribution in [2.24, 2.45) is 0 Å². The fourth-order valence-corrected chi connectivity index (χ4v) is 2.57. The Bertz CT molecular complexity index is 532. The Labute approximate surface area is 124 Å². The van der Waals surface area contributed by atoms with Crippen LogP contribution >= 0.6 is 11.6 Å². The number of rotatable bonds is 4. The van der Waals surface area contributed by atoms with Gasteiger partial charge in [-0.2, -0.15) is 5.26 Å². The number of amides is 1. The zero-order valence-corrected chi connectivity index (χ0v) is 12.3. The van der Waals surface area contributed by atoms with Crippen LogP contribution in [0.3, 0.4) is 0 Å². The molecule has 1 N–H and O–H groups in total. The number of carbonyl (C=O) groups excluding carboxylic acids is 1. The second-order valence-electron chi connectivity index (χ2n) is 5.05. The minimum atomic E-state index is -0.222. The van der Waals surface area contributed by atoms with Gasteiger partial charge in [-0.1, -0.05) is 17.7 Å². The van der Waals surface area contributed by atoms with Crippen molar-refractivity contribution in [2.45, 2.75) is 32.4 Å². The molecule has 1 unspecified atom stereocenters. The van der Waals surface area contributed by atoms with Gasteiger partial charge in [0.05, 0.1) is 17.7 Å². The zero-order chi connectivity index (χ0) is 14.5. The van der Waals surface area contributed by atoms with E-state index < -0.39 is 0 Å². The van der Waals surface area contributed by atoms with Crippen LogP contribution in [-0.4, -0.2) is 29.9 Å². The molecule has 1 heterocycles. The molecular formula is C15H18ClN3O. The predicted molar refractivity (Wildman–Crippen MR) is 78.3 cm³/mol. The lowest BCUT2D eigenvalue weighted by atomic mass is 10.1. The van der Waals surface area contributed by atoms with Gasteiger partial charge in [0.25, 0.3) is 0 Å². The quantitative estimate of drug-likeness (QED) is 0.926. The van der Waals surface area contributed by atoms with Crippen LogP contribution in [0.1, 0.15) is 30.9 Å². The number of nitrogens with zero attached hydrogens (tertiary/aromatic N) is 2.